The molecular weight excluding hydrogens is 602 g/mol. The molecule has 9 heteroatoms. The van der Waals surface area contributed by atoms with Crippen molar-refractivity contribution in [3.63, 3.8) is 0 Å². The molecule has 3 amide bonds. The molecule has 3 aliphatic heterocycles. The molecule has 3 saturated heterocycles. The number of anilines is 2. The number of rotatable bonds is 10. The van der Waals surface area contributed by atoms with E-state index in [2.05, 4.69) is 26.6 Å². The highest BCUT2D eigenvalue weighted by Gasteiger charge is 2.75. The van der Waals surface area contributed by atoms with Crippen LogP contribution in [-0.2, 0) is 14.4 Å². The Morgan fingerprint density at radius 2 is 1.61 bits per heavy atom. The molecule has 3 N–H and O–H groups in total. The molecule has 6 atom stereocenters. The van der Waals surface area contributed by atoms with E-state index in [0.29, 0.717) is 24.3 Å². The van der Waals surface area contributed by atoms with Gasteiger partial charge in [-0.25, -0.2) is 0 Å². The van der Waals surface area contributed by atoms with Crippen LogP contribution in [0, 0.1) is 11.8 Å². The van der Waals surface area contributed by atoms with E-state index in [4.69, 9.17) is 5.11 Å². The van der Waals surface area contributed by atoms with Crippen molar-refractivity contribution in [1.82, 2.24) is 4.90 Å². The number of halogens is 1. The van der Waals surface area contributed by atoms with Gasteiger partial charge >= 0.3 is 0 Å². The molecular formula is C32H34BrN3O4S. The predicted molar refractivity (Wildman–Crippen MR) is 167 cm³/mol. The summed E-state index contributed by atoms with van der Waals surface area (Å²) >= 11 is 5.47. The third kappa shape index (κ3) is 5.17. The third-order valence-electron chi connectivity index (χ3n) is 8.71. The van der Waals surface area contributed by atoms with Gasteiger partial charge in [-0.15, -0.1) is 11.8 Å². The van der Waals surface area contributed by atoms with Gasteiger partial charge in [0, 0.05) is 34.6 Å². The number of nitrogens with zero attached hydrogens (tertiary/aromatic N) is 1. The smallest absolute Gasteiger partial charge is 0.248 e. The number of likely N-dealkylation sites (tertiary alicyclic amines) is 1. The van der Waals surface area contributed by atoms with Gasteiger partial charge in [-0.3, -0.25) is 14.4 Å². The molecule has 3 aromatic rings. The van der Waals surface area contributed by atoms with E-state index < -0.39 is 22.6 Å². The zero-order valence-electron chi connectivity index (χ0n) is 22.7. The van der Waals surface area contributed by atoms with Gasteiger partial charge in [0.05, 0.1) is 16.6 Å². The second-order valence-corrected chi connectivity index (χ2v) is 14.0. The van der Waals surface area contributed by atoms with Crippen LogP contribution in [0.3, 0.4) is 0 Å². The summed E-state index contributed by atoms with van der Waals surface area (Å²) < 4.78 is -0.694. The topological polar surface area (TPSA) is 98.7 Å². The average Bonchev–Trinajstić information content (AvgIpc) is 3.56. The molecule has 3 heterocycles. The minimum atomic E-state index is -0.694. The van der Waals surface area contributed by atoms with E-state index in [-0.39, 0.29) is 34.4 Å². The van der Waals surface area contributed by atoms with Gasteiger partial charge in [0.2, 0.25) is 17.7 Å². The largest absolute Gasteiger partial charge is 0.396 e. The Morgan fingerprint density at radius 3 is 2.39 bits per heavy atom. The number of nitrogens with one attached hydrogen (secondary N) is 2. The van der Waals surface area contributed by atoms with Gasteiger partial charge in [0.25, 0.3) is 0 Å². The second-order valence-electron chi connectivity index (χ2n) is 11.2. The van der Waals surface area contributed by atoms with Crippen molar-refractivity contribution in [2.24, 2.45) is 11.8 Å². The minimum absolute atomic E-state index is 0.0172. The fourth-order valence-electron chi connectivity index (χ4n) is 6.94. The maximum absolute atomic E-state index is 14.2. The molecule has 2 bridgehead atoms. The summed E-state index contributed by atoms with van der Waals surface area (Å²) in [4.78, 5) is 43.9. The molecule has 41 heavy (non-hydrogen) atoms. The Bertz CT molecular complexity index is 1460. The lowest BCUT2D eigenvalue weighted by Gasteiger charge is -2.35. The van der Waals surface area contributed by atoms with E-state index in [0.717, 1.165) is 36.5 Å². The molecule has 3 aliphatic rings. The van der Waals surface area contributed by atoms with Crippen molar-refractivity contribution in [2.75, 3.05) is 23.8 Å². The van der Waals surface area contributed by atoms with Crippen LogP contribution in [0.15, 0.2) is 72.8 Å². The fourth-order valence-corrected chi connectivity index (χ4v) is 10.6. The Morgan fingerprint density at radius 1 is 0.902 bits per heavy atom. The molecule has 0 radical (unpaired) electrons. The van der Waals surface area contributed by atoms with Crippen molar-refractivity contribution in [3.8, 4) is 0 Å². The number of aliphatic hydroxyl groups is 1. The van der Waals surface area contributed by atoms with Crippen LogP contribution < -0.4 is 10.6 Å². The molecule has 7 nitrogen and oxygen atoms in total. The van der Waals surface area contributed by atoms with Crippen molar-refractivity contribution in [2.45, 2.75) is 53.0 Å². The lowest BCUT2D eigenvalue weighted by Crippen LogP contribution is -2.52. The minimum Gasteiger partial charge on any atom is -0.396 e. The quantitative estimate of drug-likeness (QED) is 0.204. The van der Waals surface area contributed by atoms with E-state index in [1.165, 1.54) is 0 Å². The van der Waals surface area contributed by atoms with E-state index >= 15 is 0 Å². The van der Waals surface area contributed by atoms with Gasteiger partial charge < -0.3 is 20.6 Å². The number of carbonyl (C=O) groups excluding carboxylic acids is 3. The molecule has 1 spiro atoms. The SMILES string of the molecule is O=C(Nc1ccc2ccccc2c1)C1N(CCCCCCO)C(=O)[C@@H]2[C@H](C(=O)Nc3ccccc3)[C@H]3SC12CC3Br. The van der Waals surface area contributed by atoms with Crippen LogP contribution in [0.5, 0.6) is 0 Å². The number of benzene rings is 3. The summed E-state index contributed by atoms with van der Waals surface area (Å²) in [7, 11) is 0. The number of aliphatic hydroxyl groups excluding tert-OH is 1. The summed E-state index contributed by atoms with van der Waals surface area (Å²) in [6.07, 6.45) is 3.82. The van der Waals surface area contributed by atoms with Crippen LogP contribution >= 0.6 is 27.7 Å². The zero-order chi connectivity index (χ0) is 28.6. The number of thioether (sulfide) groups is 1. The number of hydrogen-bond donors (Lipinski definition) is 3. The first-order valence-corrected chi connectivity index (χ1v) is 16.1. The molecule has 3 fully saturated rings. The number of amides is 3. The molecule has 6 rings (SSSR count). The van der Waals surface area contributed by atoms with Crippen molar-refractivity contribution >= 4 is 67.6 Å². The Balaban J connectivity index is 1.30. The standard InChI is InChI=1S/C32H34BrN3O4S/c33-24-19-32-26(25(27(24)41-32)29(38)34-22-12-4-3-5-13-22)31(40)36(16-8-1-2-9-17-37)28(32)30(39)35-23-15-14-20-10-6-7-11-21(20)18-23/h3-7,10-15,18,24-28,37H,1-2,8-9,16-17,19H2,(H,34,38)(H,35,39)/t24?,25-,26-,27-,28?,32?/m0/s1. The lowest BCUT2D eigenvalue weighted by molar-refractivity contribution is -0.138. The number of carbonyl (C=O) groups is 3. The monoisotopic (exact) mass is 635 g/mol. The maximum Gasteiger partial charge on any atom is 0.248 e. The molecule has 0 saturated carbocycles. The normalized spacial score (nSPS) is 28.2. The second kappa shape index (κ2) is 11.8. The van der Waals surface area contributed by atoms with Gasteiger partial charge in [-0.2, -0.15) is 0 Å². The Labute approximate surface area is 252 Å². The number of alkyl halides is 1. The lowest BCUT2D eigenvalue weighted by atomic mass is 9.70. The summed E-state index contributed by atoms with van der Waals surface area (Å²) in [5, 5.41) is 17.3. The van der Waals surface area contributed by atoms with Crippen LogP contribution in [0.1, 0.15) is 32.1 Å². The van der Waals surface area contributed by atoms with E-state index in [1.54, 1.807) is 16.7 Å². The first-order chi connectivity index (χ1) is 19.9. The zero-order valence-corrected chi connectivity index (χ0v) is 25.1. The highest BCUT2D eigenvalue weighted by molar-refractivity contribution is 9.09. The maximum atomic E-state index is 14.2. The van der Waals surface area contributed by atoms with E-state index in [1.807, 2.05) is 72.8 Å². The molecule has 214 valence electrons. The number of para-hydroxylation sites is 1. The summed E-state index contributed by atoms with van der Waals surface area (Å²) in [6, 6.07) is 22.5. The Hall–Kier alpha value is -2.88. The van der Waals surface area contributed by atoms with Gasteiger partial charge in [0.15, 0.2) is 0 Å². The molecule has 3 aromatic carbocycles. The molecule has 0 aliphatic carbocycles. The number of unbranched alkanes of at least 4 members (excludes halogenated alkanes) is 3. The molecule has 3 unspecified atom stereocenters. The Kier molecular flexibility index (Phi) is 8.12. The third-order valence-corrected chi connectivity index (χ3v) is 11.9. The average molecular weight is 637 g/mol. The summed E-state index contributed by atoms with van der Waals surface area (Å²) in [6.45, 7) is 0.594. The highest BCUT2D eigenvalue weighted by Crippen LogP contribution is 2.67. The van der Waals surface area contributed by atoms with Crippen LogP contribution in [0.25, 0.3) is 10.8 Å². The number of hydrogen-bond acceptors (Lipinski definition) is 5. The van der Waals surface area contributed by atoms with Crippen LogP contribution in [-0.4, -0.2) is 61.7 Å². The van der Waals surface area contributed by atoms with Crippen LogP contribution in [0.2, 0.25) is 0 Å². The first kappa shape index (κ1) is 28.2. The van der Waals surface area contributed by atoms with Crippen molar-refractivity contribution in [1.29, 1.82) is 0 Å². The number of fused-ring (bicyclic) bond motifs is 2. The van der Waals surface area contributed by atoms with Crippen molar-refractivity contribution < 1.29 is 19.5 Å². The summed E-state index contributed by atoms with van der Waals surface area (Å²) in [5.74, 6) is -1.59. The van der Waals surface area contributed by atoms with Gasteiger partial charge in [0.1, 0.15) is 6.04 Å². The van der Waals surface area contributed by atoms with Gasteiger partial charge in [-0.05, 0) is 54.3 Å². The molecule has 0 aromatic heterocycles. The van der Waals surface area contributed by atoms with Gasteiger partial charge in [-0.1, -0.05) is 77.3 Å². The van der Waals surface area contributed by atoms with E-state index in [9.17, 15) is 14.4 Å². The van der Waals surface area contributed by atoms with Crippen LogP contribution in [0.4, 0.5) is 11.4 Å². The predicted octanol–water partition coefficient (Wildman–Crippen LogP) is 5.43. The fraction of sp³-hybridized carbons (Fsp3) is 0.406. The summed E-state index contributed by atoms with van der Waals surface area (Å²) in [5.41, 5.74) is 1.39. The van der Waals surface area contributed by atoms with Crippen molar-refractivity contribution in [3.05, 3.63) is 72.8 Å². The first-order valence-electron chi connectivity index (χ1n) is 14.3. The highest BCUT2D eigenvalue weighted by atomic mass is 79.9.